The van der Waals surface area contributed by atoms with Crippen molar-refractivity contribution in [3.8, 4) is 0 Å². The Bertz CT molecular complexity index is 253. The minimum absolute atomic E-state index is 0.168. The van der Waals surface area contributed by atoms with Crippen molar-refractivity contribution in [1.82, 2.24) is 0 Å². The van der Waals surface area contributed by atoms with E-state index < -0.39 is 20.3 Å². The van der Waals surface area contributed by atoms with Gasteiger partial charge in [0.1, 0.15) is 0 Å². The van der Waals surface area contributed by atoms with Gasteiger partial charge in [0.2, 0.25) is 0 Å². The van der Waals surface area contributed by atoms with Gasteiger partial charge in [-0.1, -0.05) is 46.0 Å². The molecular weight excluding hydrogens is 204 g/mol. The Morgan fingerprint density at radius 1 is 1.20 bits per heavy atom. The molecule has 0 saturated carbocycles. The summed E-state index contributed by atoms with van der Waals surface area (Å²) in [5.41, 5.74) is 0.168. The van der Waals surface area contributed by atoms with Crippen molar-refractivity contribution in [3.05, 3.63) is 12.2 Å². The fourth-order valence-electron chi connectivity index (χ4n) is 2.02. The van der Waals surface area contributed by atoms with Crippen LogP contribution in [0, 0.1) is 0 Å². The fraction of sp³-hybridized carbons (Fsp3) is 0.833. The van der Waals surface area contributed by atoms with Crippen LogP contribution in [0.5, 0.6) is 0 Å². The minimum atomic E-state index is -1.61. The summed E-state index contributed by atoms with van der Waals surface area (Å²) in [6.07, 6.45) is 3.58. The molecule has 0 aromatic carbocycles. The number of hydrogen-bond acceptors (Lipinski definition) is 2. The topological polar surface area (TPSA) is 40.5 Å². The molecule has 0 amide bonds. The van der Waals surface area contributed by atoms with E-state index in [1.54, 1.807) is 0 Å². The van der Waals surface area contributed by atoms with Gasteiger partial charge in [-0.3, -0.25) is 0 Å². The van der Waals surface area contributed by atoms with Gasteiger partial charge in [0.15, 0.2) is 0 Å². The molecule has 0 aromatic heterocycles. The zero-order valence-electron chi connectivity index (χ0n) is 10.5. The highest BCUT2D eigenvalue weighted by Gasteiger charge is 2.46. The second-order valence-corrected chi connectivity index (χ2v) is 11.8. The quantitative estimate of drug-likeness (QED) is 0.535. The fourth-order valence-corrected chi connectivity index (χ4v) is 4.72. The van der Waals surface area contributed by atoms with Crippen LogP contribution in [0.1, 0.15) is 27.2 Å². The number of aliphatic hydroxyl groups excluding tert-OH is 2. The van der Waals surface area contributed by atoms with E-state index in [0.29, 0.717) is 6.42 Å². The van der Waals surface area contributed by atoms with Crippen molar-refractivity contribution in [1.29, 1.82) is 0 Å². The molecule has 1 aliphatic rings. The minimum Gasteiger partial charge on any atom is -0.390 e. The Balaban J connectivity index is 2.96. The molecule has 0 bridgehead atoms. The van der Waals surface area contributed by atoms with Gasteiger partial charge < -0.3 is 10.2 Å². The zero-order chi connectivity index (χ0) is 11.9. The Labute approximate surface area is 94.0 Å². The van der Waals surface area contributed by atoms with E-state index in [9.17, 15) is 10.2 Å². The summed E-state index contributed by atoms with van der Waals surface area (Å²) in [4.78, 5) is 0. The van der Waals surface area contributed by atoms with Crippen LogP contribution in [0.3, 0.4) is 0 Å². The SMILES string of the molecule is CC(C)(C)[Si](C)(C)[C@H]1C=CCC(O)C1O. The molecule has 2 N–H and O–H groups in total. The molecule has 2 unspecified atom stereocenters. The lowest BCUT2D eigenvalue weighted by atomic mass is 10.0. The van der Waals surface area contributed by atoms with Gasteiger partial charge in [0.25, 0.3) is 0 Å². The first-order valence-corrected chi connectivity index (χ1v) is 8.78. The molecule has 88 valence electrons. The second-order valence-electron chi connectivity index (χ2n) is 6.22. The Morgan fingerprint density at radius 3 is 2.20 bits per heavy atom. The molecule has 15 heavy (non-hydrogen) atoms. The van der Waals surface area contributed by atoms with Gasteiger partial charge in [-0.25, -0.2) is 0 Å². The average molecular weight is 228 g/mol. The highest BCUT2D eigenvalue weighted by atomic mass is 28.3. The third kappa shape index (κ3) is 2.35. The molecule has 0 fully saturated rings. The van der Waals surface area contributed by atoms with E-state index in [2.05, 4.69) is 39.9 Å². The Morgan fingerprint density at radius 2 is 1.73 bits per heavy atom. The lowest BCUT2D eigenvalue weighted by Gasteiger charge is -2.46. The predicted octanol–water partition coefficient (Wildman–Crippen LogP) is 2.55. The number of aliphatic hydroxyl groups is 2. The standard InChI is InChI=1S/C12H24O2Si/c1-12(2,3)15(4,5)10-8-6-7-9(13)11(10)14/h6,8-11,13-14H,7H2,1-5H3/t9?,10-,11?/m0/s1. The third-order valence-corrected chi connectivity index (χ3v) is 10.3. The van der Waals surface area contributed by atoms with E-state index in [4.69, 9.17) is 0 Å². The Hall–Kier alpha value is -0.123. The van der Waals surface area contributed by atoms with Crippen molar-refractivity contribution in [3.63, 3.8) is 0 Å². The zero-order valence-corrected chi connectivity index (χ0v) is 11.5. The maximum Gasteiger partial charge on any atom is 0.0840 e. The molecule has 3 heteroatoms. The lowest BCUT2D eigenvalue weighted by molar-refractivity contribution is 0.0176. The molecule has 1 aliphatic carbocycles. The van der Waals surface area contributed by atoms with E-state index in [-0.39, 0.29) is 10.6 Å². The van der Waals surface area contributed by atoms with E-state index in [0.717, 1.165) is 0 Å². The van der Waals surface area contributed by atoms with E-state index >= 15 is 0 Å². The lowest BCUT2D eigenvalue weighted by Crippen LogP contribution is -2.50. The number of hydrogen-bond donors (Lipinski definition) is 2. The van der Waals surface area contributed by atoms with Gasteiger partial charge in [-0.2, -0.15) is 0 Å². The molecule has 0 spiro atoms. The summed E-state index contributed by atoms with van der Waals surface area (Å²) >= 11 is 0. The summed E-state index contributed by atoms with van der Waals surface area (Å²) in [6, 6.07) is 0. The van der Waals surface area contributed by atoms with Crippen LogP contribution >= 0.6 is 0 Å². The molecule has 2 nitrogen and oxygen atoms in total. The highest BCUT2D eigenvalue weighted by molar-refractivity contribution is 6.82. The highest BCUT2D eigenvalue weighted by Crippen LogP contribution is 2.47. The summed E-state index contributed by atoms with van der Waals surface area (Å²) in [5, 5.41) is 20.0. The average Bonchev–Trinajstić information content (AvgIpc) is 2.07. The predicted molar refractivity (Wildman–Crippen MR) is 66.7 cm³/mol. The molecule has 1 rings (SSSR count). The largest absolute Gasteiger partial charge is 0.390 e. The molecule has 3 atom stereocenters. The van der Waals surface area contributed by atoms with E-state index in [1.807, 2.05) is 6.08 Å². The van der Waals surface area contributed by atoms with Crippen LogP contribution < -0.4 is 0 Å². The van der Waals surface area contributed by atoms with Crippen molar-refractivity contribution in [2.24, 2.45) is 0 Å². The maximum atomic E-state index is 10.1. The number of rotatable bonds is 1. The van der Waals surface area contributed by atoms with Gasteiger partial charge in [-0.05, 0) is 11.5 Å². The van der Waals surface area contributed by atoms with E-state index in [1.165, 1.54) is 0 Å². The first kappa shape index (κ1) is 12.9. The smallest absolute Gasteiger partial charge is 0.0840 e. The van der Waals surface area contributed by atoms with Crippen molar-refractivity contribution >= 4 is 8.07 Å². The van der Waals surface area contributed by atoms with Gasteiger partial charge in [-0.15, -0.1) is 0 Å². The maximum absolute atomic E-state index is 10.1. The first-order chi connectivity index (χ1) is 6.68. The Kier molecular flexibility index (Phi) is 3.48. The molecule has 0 aromatic rings. The van der Waals surface area contributed by atoms with Crippen molar-refractivity contribution in [2.45, 2.75) is 63.1 Å². The molecule has 0 radical (unpaired) electrons. The first-order valence-electron chi connectivity index (χ1n) is 5.70. The molecular formula is C12H24O2Si. The molecule has 0 aliphatic heterocycles. The molecule has 0 heterocycles. The van der Waals surface area contributed by atoms with Crippen LogP contribution in [0.25, 0.3) is 0 Å². The summed E-state index contributed by atoms with van der Waals surface area (Å²) < 4.78 is 0. The summed E-state index contributed by atoms with van der Waals surface area (Å²) in [7, 11) is -1.61. The van der Waals surface area contributed by atoms with Crippen LogP contribution in [0.15, 0.2) is 12.2 Å². The normalized spacial score (nSPS) is 33.1. The monoisotopic (exact) mass is 228 g/mol. The molecule has 0 saturated heterocycles. The van der Waals surface area contributed by atoms with Gasteiger partial charge in [0.05, 0.1) is 20.3 Å². The third-order valence-electron chi connectivity index (χ3n) is 4.25. The summed E-state index contributed by atoms with van der Waals surface area (Å²) in [6.45, 7) is 11.3. The summed E-state index contributed by atoms with van der Waals surface area (Å²) in [5.74, 6) is 0. The van der Waals surface area contributed by atoms with Crippen LogP contribution in [0.4, 0.5) is 0 Å². The van der Waals surface area contributed by atoms with Crippen LogP contribution in [-0.4, -0.2) is 30.5 Å². The van der Waals surface area contributed by atoms with Crippen LogP contribution in [-0.2, 0) is 0 Å². The van der Waals surface area contributed by atoms with Crippen molar-refractivity contribution in [2.75, 3.05) is 0 Å². The van der Waals surface area contributed by atoms with Crippen LogP contribution in [0.2, 0.25) is 23.7 Å². The van der Waals surface area contributed by atoms with Gasteiger partial charge in [0, 0.05) is 5.54 Å². The van der Waals surface area contributed by atoms with Crippen molar-refractivity contribution < 1.29 is 10.2 Å². The van der Waals surface area contributed by atoms with Gasteiger partial charge >= 0.3 is 0 Å². The second kappa shape index (κ2) is 4.04.